The summed E-state index contributed by atoms with van der Waals surface area (Å²) in [6, 6.07) is 3.73. The van der Waals surface area contributed by atoms with Crippen LogP contribution in [0.4, 0.5) is 0 Å². The van der Waals surface area contributed by atoms with E-state index in [1.807, 2.05) is 12.1 Å². The van der Waals surface area contributed by atoms with E-state index in [4.69, 9.17) is 23.2 Å². The van der Waals surface area contributed by atoms with Crippen molar-refractivity contribution in [2.45, 2.75) is 6.54 Å². The smallest absolute Gasteiger partial charge is 0.203 e. The molecule has 0 fully saturated rings. The van der Waals surface area contributed by atoms with Gasteiger partial charge in [-0.05, 0) is 12.1 Å². The Bertz CT molecular complexity index is 283. The number of halogens is 1. The zero-order valence-electron chi connectivity index (χ0n) is 6.25. The maximum Gasteiger partial charge on any atom is 0.203 e. The summed E-state index contributed by atoms with van der Waals surface area (Å²) in [6.07, 6.45) is 0. The molecular formula is C6H9ClN4S. The minimum absolute atomic E-state index is 0.222. The van der Waals surface area contributed by atoms with Gasteiger partial charge in [-0.2, -0.15) is 0 Å². The summed E-state index contributed by atoms with van der Waals surface area (Å²) >= 11 is 7.18. The lowest BCUT2D eigenvalue weighted by Crippen LogP contribution is -2.36. The van der Waals surface area contributed by atoms with Gasteiger partial charge in [-0.1, -0.05) is 11.6 Å². The highest BCUT2D eigenvalue weighted by atomic mass is 35.5. The van der Waals surface area contributed by atoms with Crippen molar-refractivity contribution >= 4 is 28.9 Å². The topological polar surface area (TPSA) is 76.4 Å². The minimum atomic E-state index is 0.222. The molecular weight excluding hydrogens is 196 g/mol. The maximum absolute atomic E-state index is 5.71. The quantitative estimate of drug-likeness (QED) is 0.287. The number of aliphatic imine (C=N–C) groups is 1. The fourth-order valence-corrected chi connectivity index (χ4v) is 1.66. The first kappa shape index (κ1) is 9.31. The maximum atomic E-state index is 5.71. The zero-order valence-corrected chi connectivity index (χ0v) is 7.82. The fourth-order valence-electron chi connectivity index (χ4n) is 0.645. The molecule has 0 aliphatic carbocycles. The van der Waals surface area contributed by atoms with E-state index >= 15 is 0 Å². The average Bonchev–Trinajstić information content (AvgIpc) is 2.47. The molecule has 6 heteroatoms. The largest absolute Gasteiger partial charge is 0.369 e. The Morgan fingerprint density at radius 1 is 1.67 bits per heavy atom. The van der Waals surface area contributed by atoms with Crippen molar-refractivity contribution in [3.63, 3.8) is 0 Å². The van der Waals surface area contributed by atoms with Crippen LogP contribution in [0.5, 0.6) is 0 Å². The van der Waals surface area contributed by atoms with Crippen LogP contribution in [0.15, 0.2) is 17.1 Å². The van der Waals surface area contributed by atoms with Crippen LogP contribution in [-0.4, -0.2) is 5.96 Å². The van der Waals surface area contributed by atoms with Gasteiger partial charge in [0.25, 0.3) is 0 Å². The third-order valence-corrected chi connectivity index (χ3v) is 2.40. The molecule has 1 heterocycles. The van der Waals surface area contributed by atoms with E-state index in [1.165, 1.54) is 11.3 Å². The Morgan fingerprint density at radius 2 is 2.42 bits per heavy atom. The number of nitrogens with two attached hydrogens (primary N) is 2. The molecule has 66 valence electrons. The normalized spacial score (nSPS) is 11.7. The van der Waals surface area contributed by atoms with E-state index in [2.05, 4.69) is 10.4 Å². The molecule has 1 aromatic rings. The Kier molecular flexibility index (Phi) is 3.33. The van der Waals surface area contributed by atoms with Gasteiger partial charge in [0, 0.05) is 4.88 Å². The van der Waals surface area contributed by atoms with Crippen molar-refractivity contribution in [3.8, 4) is 0 Å². The molecule has 0 saturated heterocycles. The second-order valence-electron chi connectivity index (χ2n) is 2.05. The van der Waals surface area contributed by atoms with Crippen LogP contribution in [0.1, 0.15) is 4.88 Å². The van der Waals surface area contributed by atoms with Gasteiger partial charge in [-0.25, -0.2) is 10.8 Å². The second-order valence-corrected chi connectivity index (χ2v) is 3.85. The molecule has 0 amide bonds. The van der Waals surface area contributed by atoms with Crippen LogP contribution in [0.3, 0.4) is 0 Å². The van der Waals surface area contributed by atoms with Crippen molar-refractivity contribution in [1.82, 2.24) is 5.43 Å². The van der Waals surface area contributed by atoms with Crippen molar-refractivity contribution < 1.29 is 0 Å². The van der Waals surface area contributed by atoms with Crippen LogP contribution in [0, 0.1) is 0 Å². The van der Waals surface area contributed by atoms with Gasteiger partial charge in [0.05, 0.1) is 10.9 Å². The molecule has 0 radical (unpaired) electrons. The SMILES string of the molecule is NNC(N)=NCc1ccc(Cl)s1. The Labute approximate surface area is 79.2 Å². The number of hydrazine groups is 1. The van der Waals surface area contributed by atoms with E-state index in [0.29, 0.717) is 6.54 Å². The van der Waals surface area contributed by atoms with E-state index < -0.39 is 0 Å². The zero-order chi connectivity index (χ0) is 8.97. The minimum Gasteiger partial charge on any atom is -0.369 e. The van der Waals surface area contributed by atoms with Gasteiger partial charge in [0.2, 0.25) is 5.96 Å². The first-order chi connectivity index (χ1) is 5.72. The first-order valence-corrected chi connectivity index (χ1v) is 4.42. The summed E-state index contributed by atoms with van der Waals surface area (Å²) in [5.74, 6) is 5.23. The predicted molar refractivity (Wildman–Crippen MR) is 52.0 cm³/mol. The third-order valence-electron chi connectivity index (χ3n) is 1.18. The fraction of sp³-hybridized carbons (Fsp3) is 0.167. The van der Waals surface area contributed by atoms with Crippen molar-refractivity contribution in [1.29, 1.82) is 0 Å². The number of nitrogens with one attached hydrogen (secondary N) is 1. The Hall–Kier alpha value is -0.780. The molecule has 1 rings (SSSR count). The summed E-state index contributed by atoms with van der Waals surface area (Å²) in [6.45, 7) is 0.507. The number of thiophene rings is 1. The van der Waals surface area contributed by atoms with Crippen molar-refractivity contribution in [2.24, 2.45) is 16.6 Å². The summed E-state index contributed by atoms with van der Waals surface area (Å²) < 4.78 is 0.750. The second kappa shape index (κ2) is 4.30. The molecule has 4 nitrogen and oxygen atoms in total. The number of guanidine groups is 1. The molecule has 0 aliphatic rings. The van der Waals surface area contributed by atoms with Crippen LogP contribution in [0.2, 0.25) is 4.34 Å². The van der Waals surface area contributed by atoms with Crippen molar-refractivity contribution in [3.05, 3.63) is 21.3 Å². The summed E-state index contributed by atoms with van der Waals surface area (Å²) in [5, 5.41) is 0. The highest BCUT2D eigenvalue weighted by Crippen LogP contribution is 2.21. The number of nitrogens with zero attached hydrogens (tertiary/aromatic N) is 1. The molecule has 0 saturated carbocycles. The highest BCUT2D eigenvalue weighted by molar-refractivity contribution is 7.16. The van der Waals surface area contributed by atoms with E-state index in [1.54, 1.807) is 0 Å². The molecule has 0 bridgehead atoms. The van der Waals surface area contributed by atoms with E-state index in [0.717, 1.165) is 9.21 Å². The lowest BCUT2D eigenvalue weighted by Gasteiger charge is -1.95. The molecule has 0 unspecified atom stereocenters. The van der Waals surface area contributed by atoms with E-state index in [9.17, 15) is 0 Å². The molecule has 0 spiro atoms. The van der Waals surface area contributed by atoms with Crippen LogP contribution in [-0.2, 0) is 6.54 Å². The molecule has 0 atom stereocenters. The number of hydrogen-bond acceptors (Lipinski definition) is 3. The predicted octanol–water partition coefficient (Wildman–Crippen LogP) is 0.680. The molecule has 0 aromatic carbocycles. The number of hydrogen-bond donors (Lipinski definition) is 3. The molecule has 1 aromatic heterocycles. The average molecular weight is 205 g/mol. The standard InChI is InChI=1S/C6H9ClN4S/c7-5-2-1-4(12-5)3-10-6(8)11-9/h1-2H,3,9H2,(H3,8,10,11). The lowest BCUT2D eigenvalue weighted by atomic mass is 10.5. The molecule has 0 aliphatic heterocycles. The van der Waals surface area contributed by atoms with Gasteiger partial charge in [0.15, 0.2) is 0 Å². The summed E-state index contributed by atoms with van der Waals surface area (Å²) in [5.41, 5.74) is 7.55. The first-order valence-electron chi connectivity index (χ1n) is 3.23. The van der Waals surface area contributed by atoms with Gasteiger partial charge in [0.1, 0.15) is 0 Å². The van der Waals surface area contributed by atoms with E-state index in [-0.39, 0.29) is 5.96 Å². The molecule has 5 N–H and O–H groups in total. The third kappa shape index (κ3) is 2.69. The Balaban J connectivity index is 2.53. The number of rotatable bonds is 2. The van der Waals surface area contributed by atoms with Gasteiger partial charge in [-0.3, -0.25) is 5.43 Å². The van der Waals surface area contributed by atoms with Crippen LogP contribution in [0.25, 0.3) is 0 Å². The lowest BCUT2D eigenvalue weighted by molar-refractivity contribution is 0.966. The highest BCUT2D eigenvalue weighted by Gasteiger charge is 1.95. The van der Waals surface area contributed by atoms with Gasteiger partial charge in [-0.15, -0.1) is 11.3 Å². The van der Waals surface area contributed by atoms with Crippen LogP contribution >= 0.6 is 22.9 Å². The Morgan fingerprint density at radius 3 is 2.92 bits per heavy atom. The van der Waals surface area contributed by atoms with Crippen molar-refractivity contribution in [2.75, 3.05) is 0 Å². The summed E-state index contributed by atoms with van der Waals surface area (Å²) in [4.78, 5) is 4.99. The summed E-state index contributed by atoms with van der Waals surface area (Å²) in [7, 11) is 0. The van der Waals surface area contributed by atoms with Crippen LogP contribution < -0.4 is 17.0 Å². The van der Waals surface area contributed by atoms with Gasteiger partial charge >= 0.3 is 0 Å². The molecule has 12 heavy (non-hydrogen) atoms. The monoisotopic (exact) mass is 204 g/mol. The van der Waals surface area contributed by atoms with Gasteiger partial charge < -0.3 is 5.73 Å².